The van der Waals surface area contributed by atoms with E-state index in [1.807, 2.05) is 43.3 Å². The van der Waals surface area contributed by atoms with Crippen LogP contribution < -0.4 is 15.0 Å². The second-order valence-electron chi connectivity index (χ2n) is 4.79. The normalized spacial score (nSPS) is 10.5. The summed E-state index contributed by atoms with van der Waals surface area (Å²) in [5.74, 6) is 0.169. The van der Waals surface area contributed by atoms with Crippen molar-refractivity contribution >= 4 is 11.4 Å². The predicted molar refractivity (Wildman–Crippen MR) is 81.2 cm³/mol. The summed E-state index contributed by atoms with van der Waals surface area (Å²) in [6.07, 6.45) is 0. The molecule has 0 atom stereocenters. The molecule has 0 saturated heterocycles. The van der Waals surface area contributed by atoms with Gasteiger partial charge in [-0.3, -0.25) is 0 Å². The first-order valence-corrected chi connectivity index (χ1v) is 6.60. The molecule has 0 radical (unpaired) electrons. The van der Waals surface area contributed by atoms with E-state index in [-0.39, 0.29) is 5.75 Å². The van der Waals surface area contributed by atoms with E-state index in [0.29, 0.717) is 6.54 Å². The molecule has 2 rings (SSSR count). The summed E-state index contributed by atoms with van der Waals surface area (Å²) in [5, 5.41) is 3.34. The highest BCUT2D eigenvalue weighted by Crippen LogP contribution is 2.24. The Morgan fingerprint density at radius 3 is 2.33 bits per heavy atom. The van der Waals surface area contributed by atoms with Crippen molar-refractivity contribution in [2.24, 2.45) is 0 Å². The van der Waals surface area contributed by atoms with Gasteiger partial charge >= 0.3 is 6.61 Å². The van der Waals surface area contributed by atoms with Gasteiger partial charge in [-0.1, -0.05) is 24.3 Å². The zero-order chi connectivity index (χ0) is 15.2. The minimum atomic E-state index is -2.79. The van der Waals surface area contributed by atoms with Gasteiger partial charge in [0.25, 0.3) is 0 Å². The van der Waals surface area contributed by atoms with E-state index in [0.717, 1.165) is 16.9 Å². The molecule has 2 aromatic carbocycles. The van der Waals surface area contributed by atoms with Crippen LogP contribution >= 0.6 is 0 Å². The van der Waals surface area contributed by atoms with Crippen molar-refractivity contribution in [1.82, 2.24) is 0 Å². The topological polar surface area (TPSA) is 24.5 Å². The molecule has 1 N–H and O–H groups in total. The monoisotopic (exact) mass is 292 g/mol. The first kappa shape index (κ1) is 15.1. The molecule has 0 amide bonds. The van der Waals surface area contributed by atoms with Crippen LogP contribution in [0, 0.1) is 0 Å². The molecule has 0 aliphatic rings. The lowest BCUT2D eigenvalue weighted by Crippen LogP contribution is -2.12. The van der Waals surface area contributed by atoms with E-state index < -0.39 is 6.61 Å². The molecule has 5 heteroatoms. The largest absolute Gasteiger partial charge is 0.435 e. The highest BCUT2D eigenvalue weighted by atomic mass is 19.3. The molecule has 0 fully saturated rings. The molecular formula is C16H18F2N2O. The van der Waals surface area contributed by atoms with E-state index in [4.69, 9.17) is 0 Å². The molecule has 0 saturated carbocycles. The van der Waals surface area contributed by atoms with Gasteiger partial charge in [-0.15, -0.1) is 0 Å². The third kappa shape index (κ3) is 4.34. The third-order valence-electron chi connectivity index (χ3n) is 3.02. The molecule has 0 aromatic heterocycles. The number of hydrogen-bond acceptors (Lipinski definition) is 3. The molecule has 0 unspecified atom stereocenters. The second-order valence-corrected chi connectivity index (χ2v) is 4.79. The predicted octanol–water partition coefficient (Wildman–Crippen LogP) is 3.97. The van der Waals surface area contributed by atoms with Crippen molar-refractivity contribution in [2.75, 3.05) is 24.3 Å². The average molecular weight is 292 g/mol. The van der Waals surface area contributed by atoms with Gasteiger partial charge in [-0.25, -0.2) is 0 Å². The second kappa shape index (κ2) is 6.92. The summed E-state index contributed by atoms with van der Waals surface area (Å²) < 4.78 is 28.5. The van der Waals surface area contributed by atoms with Crippen LogP contribution in [-0.4, -0.2) is 20.7 Å². The molecule has 2 aromatic rings. The van der Waals surface area contributed by atoms with Crippen LogP contribution in [0.2, 0.25) is 0 Å². The van der Waals surface area contributed by atoms with E-state index in [9.17, 15) is 8.78 Å². The lowest BCUT2D eigenvalue weighted by atomic mass is 10.2. The fraction of sp³-hybridized carbons (Fsp3) is 0.250. The lowest BCUT2D eigenvalue weighted by Gasteiger charge is -2.18. The Balaban J connectivity index is 2.00. The highest BCUT2D eigenvalue weighted by Gasteiger charge is 2.05. The maximum absolute atomic E-state index is 12.1. The maximum Gasteiger partial charge on any atom is 0.387 e. The minimum absolute atomic E-state index is 0.169. The molecule has 0 bridgehead atoms. The fourth-order valence-corrected chi connectivity index (χ4v) is 2.00. The number of halogens is 2. The van der Waals surface area contributed by atoms with Gasteiger partial charge in [0.1, 0.15) is 5.75 Å². The van der Waals surface area contributed by atoms with Gasteiger partial charge in [0.15, 0.2) is 0 Å². The summed E-state index contributed by atoms with van der Waals surface area (Å²) in [7, 11) is 3.97. The highest BCUT2D eigenvalue weighted by molar-refractivity contribution is 5.69. The Morgan fingerprint density at radius 1 is 1.05 bits per heavy atom. The van der Waals surface area contributed by atoms with Crippen molar-refractivity contribution in [3.63, 3.8) is 0 Å². The van der Waals surface area contributed by atoms with Crippen molar-refractivity contribution < 1.29 is 13.5 Å². The van der Waals surface area contributed by atoms with E-state index in [1.165, 1.54) is 0 Å². The standard InChI is InChI=1S/C16H18F2N2O/c1-20(2)15-6-4-3-5-14(15)19-11-12-7-9-13(10-8-12)21-16(17)18/h3-10,16,19H,11H2,1-2H3. The van der Waals surface area contributed by atoms with Crippen LogP contribution in [0.15, 0.2) is 48.5 Å². The summed E-state index contributed by atoms with van der Waals surface area (Å²) in [6, 6.07) is 14.6. The third-order valence-corrected chi connectivity index (χ3v) is 3.02. The van der Waals surface area contributed by atoms with Crippen molar-refractivity contribution in [2.45, 2.75) is 13.2 Å². The number of rotatable bonds is 6. The van der Waals surface area contributed by atoms with Crippen LogP contribution in [0.3, 0.4) is 0 Å². The van der Waals surface area contributed by atoms with Gasteiger partial charge in [0, 0.05) is 20.6 Å². The van der Waals surface area contributed by atoms with Crippen LogP contribution in [0.4, 0.5) is 20.2 Å². The first-order valence-electron chi connectivity index (χ1n) is 6.60. The molecule has 0 spiro atoms. The summed E-state index contributed by atoms with van der Waals surface area (Å²) in [6.45, 7) is -2.18. The minimum Gasteiger partial charge on any atom is -0.435 e. The van der Waals surface area contributed by atoms with Crippen LogP contribution in [0.25, 0.3) is 0 Å². The average Bonchev–Trinajstić information content (AvgIpc) is 2.46. The zero-order valence-electron chi connectivity index (χ0n) is 12.0. The maximum atomic E-state index is 12.1. The quantitative estimate of drug-likeness (QED) is 0.872. The van der Waals surface area contributed by atoms with Crippen LogP contribution in [0.5, 0.6) is 5.75 Å². The Labute approximate surface area is 123 Å². The van der Waals surface area contributed by atoms with Gasteiger partial charge < -0.3 is 15.0 Å². The Kier molecular flexibility index (Phi) is 4.98. The van der Waals surface area contributed by atoms with Crippen molar-refractivity contribution in [1.29, 1.82) is 0 Å². The van der Waals surface area contributed by atoms with E-state index >= 15 is 0 Å². The van der Waals surface area contributed by atoms with Gasteiger partial charge in [-0.05, 0) is 29.8 Å². The summed E-state index contributed by atoms with van der Waals surface area (Å²) >= 11 is 0. The van der Waals surface area contributed by atoms with E-state index in [1.54, 1.807) is 24.3 Å². The number of anilines is 2. The summed E-state index contributed by atoms with van der Waals surface area (Å²) in [4.78, 5) is 2.03. The summed E-state index contributed by atoms with van der Waals surface area (Å²) in [5.41, 5.74) is 3.11. The Morgan fingerprint density at radius 2 is 1.71 bits per heavy atom. The van der Waals surface area contributed by atoms with Crippen molar-refractivity contribution in [3.8, 4) is 5.75 Å². The fourth-order valence-electron chi connectivity index (χ4n) is 2.00. The molecule has 21 heavy (non-hydrogen) atoms. The number of alkyl halides is 2. The molecule has 0 aliphatic carbocycles. The Bertz CT molecular complexity index is 571. The SMILES string of the molecule is CN(C)c1ccccc1NCc1ccc(OC(F)F)cc1. The zero-order valence-corrected chi connectivity index (χ0v) is 12.0. The van der Waals surface area contributed by atoms with Crippen molar-refractivity contribution in [3.05, 3.63) is 54.1 Å². The molecule has 3 nitrogen and oxygen atoms in total. The molecular weight excluding hydrogens is 274 g/mol. The smallest absolute Gasteiger partial charge is 0.387 e. The lowest BCUT2D eigenvalue weighted by molar-refractivity contribution is -0.0498. The van der Waals surface area contributed by atoms with Gasteiger partial charge in [0.2, 0.25) is 0 Å². The number of benzene rings is 2. The number of hydrogen-bond donors (Lipinski definition) is 1. The molecule has 0 aliphatic heterocycles. The van der Waals surface area contributed by atoms with E-state index in [2.05, 4.69) is 10.1 Å². The van der Waals surface area contributed by atoms with Crippen LogP contribution in [0.1, 0.15) is 5.56 Å². The first-order chi connectivity index (χ1) is 10.1. The molecule has 112 valence electrons. The van der Waals surface area contributed by atoms with Crippen LogP contribution in [-0.2, 0) is 6.54 Å². The number of nitrogens with zero attached hydrogens (tertiary/aromatic N) is 1. The van der Waals surface area contributed by atoms with Gasteiger partial charge in [0.05, 0.1) is 11.4 Å². The van der Waals surface area contributed by atoms with Gasteiger partial charge in [-0.2, -0.15) is 8.78 Å². The molecule has 0 heterocycles. The Hall–Kier alpha value is -2.30. The number of para-hydroxylation sites is 2. The number of ether oxygens (including phenoxy) is 1. The number of nitrogens with one attached hydrogen (secondary N) is 1.